The summed E-state index contributed by atoms with van der Waals surface area (Å²) in [7, 11) is 0. The average molecular weight is 374 g/mol. The molecule has 2 aromatic rings. The number of halogens is 1. The second-order valence-corrected chi connectivity index (χ2v) is 7.15. The van der Waals surface area contributed by atoms with Crippen LogP contribution in [0, 0.1) is 0 Å². The maximum atomic E-state index is 12.7. The molecule has 2 aromatic heterocycles. The third-order valence-electron chi connectivity index (χ3n) is 5.40. The average Bonchev–Trinajstić information content (AvgIpc) is 3.16. The molecule has 1 fully saturated rings. The zero-order valence-corrected chi connectivity index (χ0v) is 15.3. The van der Waals surface area contributed by atoms with Gasteiger partial charge in [-0.05, 0) is 31.9 Å². The lowest BCUT2D eigenvalue weighted by Crippen LogP contribution is -2.53. The second kappa shape index (κ2) is 6.39. The molecule has 0 N–H and O–H groups in total. The van der Waals surface area contributed by atoms with Crippen LogP contribution < -0.4 is 0 Å². The van der Waals surface area contributed by atoms with Crippen LogP contribution in [-0.4, -0.2) is 56.0 Å². The van der Waals surface area contributed by atoms with Gasteiger partial charge in [0, 0.05) is 32.0 Å². The number of likely N-dealkylation sites (tertiary alicyclic amines) is 1. The van der Waals surface area contributed by atoms with Crippen molar-refractivity contribution in [3.05, 3.63) is 47.0 Å². The van der Waals surface area contributed by atoms with Crippen LogP contribution in [0.2, 0.25) is 5.02 Å². The van der Waals surface area contributed by atoms with Crippen molar-refractivity contribution in [2.75, 3.05) is 19.6 Å². The SMILES string of the molecule is CCN1C(=O)c2cccnc2C12CCN(C(=O)Cn1cc(Cl)cn1)CC2. The van der Waals surface area contributed by atoms with Crippen molar-refractivity contribution in [1.29, 1.82) is 0 Å². The Kier molecular flexibility index (Phi) is 4.19. The molecule has 2 aliphatic heterocycles. The topological polar surface area (TPSA) is 71.3 Å². The van der Waals surface area contributed by atoms with Crippen molar-refractivity contribution < 1.29 is 9.59 Å². The van der Waals surface area contributed by atoms with Crippen LogP contribution in [0.4, 0.5) is 0 Å². The minimum absolute atomic E-state index is 0.00762. The fourth-order valence-electron chi connectivity index (χ4n) is 4.16. The summed E-state index contributed by atoms with van der Waals surface area (Å²) in [5.74, 6) is 0.0507. The molecule has 0 bridgehead atoms. The van der Waals surface area contributed by atoms with Crippen LogP contribution >= 0.6 is 11.6 Å². The Morgan fingerprint density at radius 1 is 1.35 bits per heavy atom. The molecule has 8 heteroatoms. The van der Waals surface area contributed by atoms with Gasteiger partial charge in [0.05, 0.1) is 28.0 Å². The quantitative estimate of drug-likeness (QED) is 0.824. The van der Waals surface area contributed by atoms with Gasteiger partial charge in [0.1, 0.15) is 6.54 Å². The Balaban J connectivity index is 1.52. The summed E-state index contributed by atoms with van der Waals surface area (Å²) < 4.78 is 1.54. The molecule has 4 rings (SSSR count). The highest BCUT2D eigenvalue weighted by Crippen LogP contribution is 2.44. The minimum atomic E-state index is -0.395. The summed E-state index contributed by atoms with van der Waals surface area (Å²) in [5.41, 5.74) is 1.16. The smallest absolute Gasteiger partial charge is 0.256 e. The Labute approximate surface area is 156 Å². The molecular formula is C18H20ClN5O2. The molecule has 0 aromatic carbocycles. The summed E-state index contributed by atoms with van der Waals surface area (Å²) >= 11 is 5.85. The monoisotopic (exact) mass is 373 g/mol. The predicted molar refractivity (Wildman–Crippen MR) is 95.7 cm³/mol. The van der Waals surface area contributed by atoms with E-state index >= 15 is 0 Å². The van der Waals surface area contributed by atoms with Crippen LogP contribution in [0.25, 0.3) is 0 Å². The van der Waals surface area contributed by atoms with Gasteiger partial charge in [-0.25, -0.2) is 0 Å². The van der Waals surface area contributed by atoms with E-state index in [0.29, 0.717) is 43.1 Å². The lowest BCUT2D eigenvalue weighted by Gasteiger charge is -2.44. The number of carbonyl (C=O) groups is 2. The van der Waals surface area contributed by atoms with E-state index in [1.54, 1.807) is 23.1 Å². The molecule has 0 unspecified atom stereocenters. The Bertz CT molecular complexity index is 857. The molecule has 7 nitrogen and oxygen atoms in total. The van der Waals surface area contributed by atoms with Crippen LogP contribution in [0.5, 0.6) is 0 Å². The lowest BCUT2D eigenvalue weighted by atomic mass is 9.83. The Morgan fingerprint density at radius 3 is 2.77 bits per heavy atom. The van der Waals surface area contributed by atoms with E-state index < -0.39 is 5.54 Å². The van der Waals surface area contributed by atoms with Crippen LogP contribution in [0.15, 0.2) is 30.7 Å². The molecule has 4 heterocycles. The van der Waals surface area contributed by atoms with Gasteiger partial charge < -0.3 is 9.80 Å². The van der Waals surface area contributed by atoms with Gasteiger partial charge in [0.15, 0.2) is 0 Å². The summed E-state index contributed by atoms with van der Waals surface area (Å²) in [6.07, 6.45) is 6.29. The number of hydrogen-bond acceptors (Lipinski definition) is 4. The summed E-state index contributed by atoms with van der Waals surface area (Å²) in [6, 6.07) is 3.65. The van der Waals surface area contributed by atoms with Crippen molar-refractivity contribution in [3.63, 3.8) is 0 Å². The number of rotatable bonds is 3. The zero-order chi connectivity index (χ0) is 18.3. The van der Waals surface area contributed by atoms with Crippen molar-refractivity contribution in [2.45, 2.75) is 31.8 Å². The van der Waals surface area contributed by atoms with Crippen LogP contribution in [-0.2, 0) is 16.9 Å². The Morgan fingerprint density at radius 2 is 2.12 bits per heavy atom. The molecule has 0 saturated carbocycles. The first-order valence-corrected chi connectivity index (χ1v) is 9.16. The van der Waals surface area contributed by atoms with E-state index in [9.17, 15) is 9.59 Å². The van der Waals surface area contributed by atoms with Gasteiger partial charge in [-0.1, -0.05) is 11.6 Å². The lowest BCUT2D eigenvalue weighted by molar-refractivity contribution is -0.134. The van der Waals surface area contributed by atoms with Crippen molar-refractivity contribution in [1.82, 2.24) is 24.6 Å². The maximum absolute atomic E-state index is 12.7. The predicted octanol–water partition coefficient (Wildman–Crippen LogP) is 1.93. The molecule has 136 valence electrons. The highest BCUT2D eigenvalue weighted by atomic mass is 35.5. The van der Waals surface area contributed by atoms with Gasteiger partial charge in [-0.3, -0.25) is 19.3 Å². The Hall–Kier alpha value is -2.41. The number of aromatic nitrogens is 3. The second-order valence-electron chi connectivity index (χ2n) is 6.72. The van der Waals surface area contributed by atoms with E-state index in [4.69, 9.17) is 11.6 Å². The molecule has 26 heavy (non-hydrogen) atoms. The number of pyridine rings is 1. The molecule has 0 aliphatic carbocycles. The first-order valence-electron chi connectivity index (χ1n) is 8.78. The molecule has 0 atom stereocenters. The van der Waals surface area contributed by atoms with Gasteiger partial charge >= 0.3 is 0 Å². The first kappa shape index (κ1) is 17.0. The number of hydrogen-bond donors (Lipinski definition) is 0. The number of fused-ring (bicyclic) bond motifs is 2. The molecular weight excluding hydrogens is 354 g/mol. The number of nitrogens with zero attached hydrogens (tertiary/aromatic N) is 5. The standard InChI is InChI=1S/C18H20ClN5O2/c1-2-24-17(26)14-4-3-7-20-16(14)18(24)5-8-22(9-6-18)15(25)12-23-11-13(19)10-21-23/h3-4,7,10-11H,2,5-6,8-9,12H2,1H3. The third kappa shape index (κ3) is 2.58. The van der Waals surface area contributed by atoms with Crippen molar-refractivity contribution in [3.8, 4) is 0 Å². The van der Waals surface area contributed by atoms with Gasteiger partial charge in [-0.15, -0.1) is 0 Å². The highest BCUT2D eigenvalue weighted by Gasteiger charge is 2.51. The number of carbonyl (C=O) groups excluding carboxylic acids is 2. The van der Waals surface area contributed by atoms with E-state index in [1.165, 1.54) is 6.20 Å². The van der Waals surface area contributed by atoms with Crippen molar-refractivity contribution in [2.24, 2.45) is 0 Å². The van der Waals surface area contributed by atoms with Crippen LogP contribution in [0.3, 0.4) is 0 Å². The van der Waals surface area contributed by atoms with E-state index in [1.807, 2.05) is 22.8 Å². The highest BCUT2D eigenvalue weighted by molar-refractivity contribution is 6.30. The van der Waals surface area contributed by atoms with Gasteiger partial charge in [0.25, 0.3) is 5.91 Å². The molecule has 1 saturated heterocycles. The molecule has 2 aliphatic rings. The summed E-state index contributed by atoms with van der Waals surface area (Å²) in [5, 5.41) is 4.58. The summed E-state index contributed by atoms with van der Waals surface area (Å²) in [6.45, 7) is 3.98. The van der Waals surface area contributed by atoms with Gasteiger partial charge in [0.2, 0.25) is 5.91 Å². The zero-order valence-electron chi connectivity index (χ0n) is 14.6. The van der Waals surface area contributed by atoms with E-state index in [-0.39, 0.29) is 18.4 Å². The van der Waals surface area contributed by atoms with Crippen molar-refractivity contribution >= 4 is 23.4 Å². The van der Waals surface area contributed by atoms with Gasteiger partial charge in [-0.2, -0.15) is 5.10 Å². The third-order valence-corrected chi connectivity index (χ3v) is 5.59. The number of amides is 2. The molecule has 2 amide bonds. The maximum Gasteiger partial charge on any atom is 0.256 e. The van der Waals surface area contributed by atoms with Crippen LogP contribution in [0.1, 0.15) is 35.8 Å². The normalized spacial score (nSPS) is 18.5. The first-order chi connectivity index (χ1) is 12.5. The molecule has 1 spiro atoms. The fourth-order valence-corrected chi connectivity index (χ4v) is 4.32. The number of piperidine rings is 1. The van der Waals surface area contributed by atoms with E-state index in [2.05, 4.69) is 10.1 Å². The molecule has 0 radical (unpaired) electrons. The summed E-state index contributed by atoms with van der Waals surface area (Å²) in [4.78, 5) is 33.6. The largest absolute Gasteiger partial charge is 0.341 e. The fraction of sp³-hybridized carbons (Fsp3) is 0.444. The minimum Gasteiger partial charge on any atom is -0.341 e. The van der Waals surface area contributed by atoms with E-state index in [0.717, 1.165) is 5.69 Å².